The highest BCUT2D eigenvalue weighted by atomic mass is 16.5. The molecule has 1 N–H and O–H groups in total. The Kier molecular flexibility index (Phi) is 7.09. The third-order valence-corrected chi connectivity index (χ3v) is 4.35. The molecular formula is C19H28N2O3. The number of nitrogens with one attached hydrogen (secondary N) is 1. The summed E-state index contributed by atoms with van der Waals surface area (Å²) in [4.78, 5) is 25.9. The highest BCUT2D eigenvalue weighted by molar-refractivity contribution is 5.76. The SMILES string of the molecule is CCOC(=O)CCNC(=O)N1CCCCC[C@@H]1c1cccc(C)c1. The first kappa shape index (κ1) is 18.3. The van der Waals surface area contributed by atoms with E-state index in [0.29, 0.717) is 13.2 Å². The second-order valence-electron chi connectivity index (χ2n) is 6.26. The number of amides is 2. The summed E-state index contributed by atoms with van der Waals surface area (Å²) >= 11 is 0. The summed E-state index contributed by atoms with van der Waals surface area (Å²) in [5.41, 5.74) is 2.40. The molecule has 132 valence electrons. The molecule has 2 rings (SSSR count). The molecule has 0 unspecified atom stereocenters. The van der Waals surface area contributed by atoms with Crippen molar-refractivity contribution >= 4 is 12.0 Å². The van der Waals surface area contributed by atoms with Gasteiger partial charge in [-0.15, -0.1) is 0 Å². The second-order valence-corrected chi connectivity index (χ2v) is 6.26. The summed E-state index contributed by atoms with van der Waals surface area (Å²) in [5, 5.41) is 2.87. The van der Waals surface area contributed by atoms with Crippen LogP contribution in [-0.2, 0) is 9.53 Å². The fraction of sp³-hybridized carbons (Fsp3) is 0.579. The maximum atomic E-state index is 12.6. The molecule has 0 radical (unpaired) electrons. The van der Waals surface area contributed by atoms with Crippen molar-refractivity contribution in [3.8, 4) is 0 Å². The van der Waals surface area contributed by atoms with E-state index < -0.39 is 0 Å². The first-order chi connectivity index (χ1) is 11.6. The Labute approximate surface area is 144 Å². The lowest BCUT2D eigenvalue weighted by Gasteiger charge is -2.30. The minimum atomic E-state index is -0.274. The van der Waals surface area contributed by atoms with E-state index in [0.717, 1.165) is 32.2 Å². The van der Waals surface area contributed by atoms with E-state index in [1.54, 1.807) is 6.92 Å². The zero-order valence-electron chi connectivity index (χ0n) is 14.7. The number of carbonyl (C=O) groups is 2. The van der Waals surface area contributed by atoms with Crippen LogP contribution in [0.5, 0.6) is 0 Å². The molecule has 5 heteroatoms. The molecule has 1 aliphatic rings. The standard InChI is InChI=1S/C19H28N2O3/c1-3-24-18(22)11-12-20-19(23)21-13-6-4-5-10-17(21)16-9-7-8-15(2)14-16/h7-9,14,17H,3-6,10-13H2,1-2H3,(H,20,23)/t17-/m1/s1. The van der Waals surface area contributed by atoms with Crippen molar-refractivity contribution in [3.63, 3.8) is 0 Å². The number of hydrogen-bond donors (Lipinski definition) is 1. The van der Waals surface area contributed by atoms with Gasteiger partial charge in [0.25, 0.3) is 0 Å². The second kappa shape index (κ2) is 9.30. The molecular weight excluding hydrogens is 304 g/mol. The smallest absolute Gasteiger partial charge is 0.317 e. The molecule has 1 aliphatic heterocycles. The van der Waals surface area contributed by atoms with Gasteiger partial charge in [-0.1, -0.05) is 42.7 Å². The lowest BCUT2D eigenvalue weighted by Crippen LogP contribution is -2.43. The average molecular weight is 332 g/mol. The van der Waals surface area contributed by atoms with Crippen LogP contribution in [0.1, 0.15) is 56.2 Å². The average Bonchev–Trinajstić information content (AvgIpc) is 2.81. The van der Waals surface area contributed by atoms with Crippen molar-refractivity contribution in [2.24, 2.45) is 0 Å². The Balaban J connectivity index is 2.00. The number of urea groups is 1. The zero-order valence-corrected chi connectivity index (χ0v) is 14.7. The molecule has 2 amide bonds. The molecule has 0 spiro atoms. The lowest BCUT2D eigenvalue weighted by atomic mass is 9.99. The Morgan fingerprint density at radius 2 is 2.12 bits per heavy atom. The fourth-order valence-electron chi connectivity index (χ4n) is 3.18. The van der Waals surface area contributed by atoms with Crippen LogP contribution in [-0.4, -0.2) is 36.6 Å². The summed E-state index contributed by atoms with van der Waals surface area (Å²) in [7, 11) is 0. The molecule has 0 saturated carbocycles. The molecule has 1 aromatic carbocycles. The summed E-state index contributed by atoms with van der Waals surface area (Å²) in [6, 6.07) is 8.40. The van der Waals surface area contributed by atoms with Gasteiger partial charge >= 0.3 is 12.0 Å². The molecule has 0 aliphatic carbocycles. The van der Waals surface area contributed by atoms with Crippen LogP contribution in [0.4, 0.5) is 4.79 Å². The minimum absolute atomic E-state index is 0.0901. The van der Waals surface area contributed by atoms with E-state index in [2.05, 4.69) is 30.4 Å². The molecule has 1 atom stereocenters. The Bertz CT molecular complexity index is 559. The van der Waals surface area contributed by atoms with Crippen LogP contribution in [0.15, 0.2) is 24.3 Å². The lowest BCUT2D eigenvalue weighted by molar-refractivity contribution is -0.142. The number of likely N-dealkylation sites (tertiary alicyclic amines) is 1. The van der Waals surface area contributed by atoms with Crippen molar-refractivity contribution in [3.05, 3.63) is 35.4 Å². The molecule has 0 bridgehead atoms. The van der Waals surface area contributed by atoms with Gasteiger partial charge in [0.2, 0.25) is 0 Å². The summed E-state index contributed by atoms with van der Waals surface area (Å²) < 4.78 is 4.89. The van der Waals surface area contributed by atoms with Crippen LogP contribution < -0.4 is 5.32 Å². The minimum Gasteiger partial charge on any atom is -0.466 e. The number of hydrogen-bond acceptors (Lipinski definition) is 3. The largest absolute Gasteiger partial charge is 0.466 e. The van der Waals surface area contributed by atoms with E-state index in [1.807, 2.05) is 11.0 Å². The maximum Gasteiger partial charge on any atom is 0.317 e. The summed E-state index contributed by atoms with van der Waals surface area (Å²) in [6.07, 6.45) is 4.49. The molecule has 1 fully saturated rings. The van der Waals surface area contributed by atoms with Gasteiger partial charge in [-0.05, 0) is 32.3 Å². The quantitative estimate of drug-likeness (QED) is 0.839. The van der Waals surface area contributed by atoms with Crippen LogP contribution in [0.25, 0.3) is 0 Å². The summed E-state index contributed by atoms with van der Waals surface area (Å²) in [5.74, 6) is -0.274. The highest BCUT2D eigenvalue weighted by Gasteiger charge is 2.26. The normalized spacial score (nSPS) is 17.9. The van der Waals surface area contributed by atoms with E-state index in [1.165, 1.54) is 11.1 Å². The number of benzene rings is 1. The van der Waals surface area contributed by atoms with Gasteiger partial charge < -0.3 is 15.0 Å². The summed E-state index contributed by atoms with van der Waals surface area (Å²) in [6.45, 7) is 5.29. The van der Waals surface area contributed by atoms with E-state index in [-0.39, 0.29) is 24.5 Å². The zero-order chi connectivity index (χ0) is 17.4. The van der Waals surface area contributed by atoms with Crippen LogP contribution in [0, 0.1) is 6.92 Å². The number of ether oxygens (including phenoxy) is 1. The first-order valence-corrected chi connectivity index (χ1v) is 8.88. The predicted octanol–water partition coefficient (Wildman–Crippen LogP) is 3.57. The Morgan fingerprint density at radius 3 is 2.88 bits per heavy atom. The molecule has 5 nitrogen and oxygen atoms in total. The maximum absolute atomic E-state index is 12.6. The Morgan fingerprint density at radius 1 is 1.29 bits per heavy atom. The van der Waals surface area contributed by atoms with Gasteiger partial charge in [-0.2, -0.15) is 0 Å². The number of rotatable bonds is 5. The van der Waals surface area contributed by atoms with Gasteiger partial charge in [0.1, 0.15) is 0 Å². The van der Waals surface area contributed by atoms with Gasteiger partial charge in [0.15, 0.2) is 0 Å². The molecule has 1 saturated heterocycles. The van der Waals surface area contributed by atoms with Crippen LogP contribution in [0.3, 0.4) is 0 Å². The number of carbonyl (C=O) groups excluding carboxylic acids is 2. The first-order valence-electron chi connectivity index (χ1n) is 8.88. The van der Waals surface area contributed by atoms with E-state index in [9.17, 15) is 9.59 Å². The van der Waals surface area contributed by atoms with Crippen molar-refractivity contribution in [1.29, 1.82) is 0 Å². The number of nitrogens with zero attached hydrogens (tertiary/aromatic N) is 1. The fourth-order valence-corrected chi connectivity index (χ4v) is 3.18. The molecule has 1 aromatic rings. The van der Waals surface area contributed by atoms with Crippen molar-refractivity contribution in [2.75, 3.05) is 19.7 Å². The van der Waals surface area contributed by atoms with Crippen LogP contribution >= 0.6 is 0 Å². The Hall–Kier alpha value is -2.04. The third-order valence-electron chi connectivity index (χ3n) is 4.35. The van der Waals surface area contributed by atoms with Gasteiger partial charge in [-0.25, -0.2) is 4.79 Å². The van der Waals surface area contributed by atoms with E-state index >= 15 is 0 Å². The molecule has 24 heavy (non-hydrogen) atoms. The number of aryl methyl sites for hydroxylation is 1. The predicted molar refractivity (Wildman–Crippen MR) is 93.7 cm³/mol. The molecule has 0 aromatic heterocycles. The third kappa shape index (κ3) is 5.25. The van der Waals surface area contributed by atoms with Gasteiger partial charge in [0, 0.05) is 13.1 Å². The molecule has 1 heterocycles. The van der Waals surface area contributed by atoms with Crippen molar-refractivity contribution < 1.29 is 14.3 Å². The topological polar surface area (TPSA) is 58.6 Å². The van der Waals surface area contributed by atoms with Crippen LogP contribution in [0.2, 0.25) is 0 Å². The highest BCUT2D eigenvalue weighted by Crippen LogP contribution is 2.30. The van der Waals surface area contributed by atoms with Crippen molar-refractivity contribution in [2.45, 2.75) is 52.0 Å². The van der Waals surface area contributed by atoms with Gasteiger partial charge in [0.05, 0.1) is 19.1 Å². The van der Waals surface area contributed by atoms with Gasteiger partial charge in [-0.3, -0.25) is 4.79 Å². The number of esters is 1. The van der Waals surface area contributed by atoms with Crippen molar-refractivity contribution in [1.82, 2.24) is 10.2 Å². The van der Waals surface area contributed by atoms with E-state index in [4.69, 9.17) is 4.74 Å². The monoisotopic (exact) mass is 332 g/mol.